The minimum Gasteiger partial charge on any atom is -0.444 e. The lowest BCUT2D eigenvalue weighted by atomic mass is 10.1. The Bertz CT molecular complexity index is 487. The first kappa shape index (κ1) is 12.6. The van der Waals surface area contributed by atoms with Crippen molar-refractivity contribution in [1.82, 2.24) is 5.32 Å². The fourth-order valence-corrected chi connectivity index (χ4v) is 1.76. The number of hydrogen-bond acceptors (Lipinski definition) is 3. The van der Waals surface area contributed by atoms with Gasteiger partial charge in [0, 0.05) is 12.8 Å². The Hall–Kier alpha value is -1.84. The van der Waals surface area contributed by atoms with Crippen LogP contribution in [-0.2, 0) is 17.8 Å². The molecule has 0 unspecified atom stereocenters. The quantitative estimate of drug-likeness (QED) is 0.872. The number of alkyl carbamates (subject to hydrolysis) is 1. The number of carbonyl (C=O) groups is 1. The first-order valence-corrected chi connectivity index (χ1v) is 6.02. The Morgan fingerprint density at radius 1 is 1.44 bits per heavy atom. The van der Waals surface area contributed by atoms with Crippen LogP contribution in [0.4, 0.5) is 4.79 Å². The SMILES string of the molecule is CC(C)(C)OC(=O)NCc1ccc2c(c1)CN=C2. The van der Waals surface area contributed by atoms with Crippen molar-refractivity contribution in [3.63, 3.8) is 0 Å². The number of benzene rings is 1. The summed E-state index contributed by atoms with van der Waals surface area (Å²) in [7, 11) is 0. The monoisotopic (exact) mass is 246 g/mol. The summed E-state index contributed by atoms with van der Waals surface area (Å²) in [4.78, 5) is 15.7. The van der Waals surface area contributed by atoms with Crippen LogP contribution < -0.4 is 5.32 Å². The molecule has 0 atom stereocenters. The molecule has 0 aromatic heterocycles. The number of hydrogen-bond donors (Lipinski definition) is 1. The molecule has 0 fully saturated rings. The highest BCUT2D eigenvalue weighted by molar-refractivity contribution is 5.84. The Kier molecular flexibility index (Phi) is 3.36. The number of carbonyl (C=O) groups excluding carboxylic acids is 1. The molecule has 18 heavy (non-hydrogen) atoms. The van der Waals surface area contributed by atoms with E-state index in [0.717, 1.165) is 17.7 Å². The molecular weight excluding hydrogens is 228 g/mol. The van der Waals surface area contributed by atoms with E-state index in [2.05, 4.69) is 16.4 Å². The second-order valence-corrected chi connectivity index (χ2v) is 5.36. The van der Waals surface area contributed by atoms with Crippen LogP contribution in [0.15, 0.2) is 23.2 Å². The van der Waals surface area contributed by atoms with Crippen LogP contribution in [0.3, 0.4) is 0 Å². The summed E-state index contributed by atoms with van der Waals surface area (Å²) < 4.78 is 5.18. The summed E-state index contributed by atoms with van der Waals surface area (Å²) >= 11 is 0. The highest BCUT2D eigenvalue weighted by Crippen LogP contribution is 2.16. The van der Waals surface area contributed by atoms with Crippen molar-refractivity contribution < 1.29 is 9.53 Å². The molecule has 1 N–H and O–H groups in total. The largest absolute Gasteiger partial charge is 0.444 e. The van der Waals surface area contributed by atoms with Gasteiger partial charge in [-0.3, -0.25) is 4.99 Å². The molecule has 0 aliphatic carbocycles. The predicted molar refractivity (Wildman–Crippen MR) is 70.8 cm³/mol. The van der Waals surface area contributed by atoms with Gasteiger partial charge in [-0.2, -0.15) is 0 Å². The van der Waals surface area contributed by atoms with Gasteiger partial charge in [0.2, 0.25) is 0 Å². The number of ether oxygens (including phenoxy) is 1. The average Bonchev–Trinajstić information content (AvgIpc) is 2.71. The normalized spacial score (nSPS) is 13.3. The highest BCUT2D eigenvalue weighted by Gasteiger charge is 2.15. The standard InChI is InChI=1S/C14H18N2O2/c1-14(2,3)18-13(17)16-7-10-4-5-11-8-15-9-12(11)6-10/h4-6,8H,7,9H2,1-3H3,(H,16,17). The molecule has 2 rings (SSSR count). The van der Waals surface area contributed by atoms with Crippen molar-refractivity contribution in [2.24, 2.45) is 4.99 Å². The minimum absolute atomic E-state index is 0.390. The van der Waals surface area contributed by atoms with Gasteiger partial charge in [-0.05, 0) is 37.5 Å². The summed E-state index contributed by atoms with van der Waals surface area (Å²) in [6, 6.07) is 6.09. The van der Waals surface area contributed by atoms with Crippen LogP contribution in [-0.4, -0.2) is 17.9 Å². The van der Waals surface area contributed by atoms with Gasteiger partial charge >= 0.3 is 6.09 Å². The van der Waals surface area contributed by atoms with Gasteiger partial charge in [0.25, 0.3) is 0 Å². The van der Waals surface area contributed by atoms with E-state index in [-0.39, 0.29) is 6.09 Å². The molecule has 0 saturated heterocycles. The molecule has 0 bridgehead atoms. The molecular formula is C14H18N2O2. The number of nitrogens with zero attached hydrogens (tertiary/aromatic N) is 1. The highest BCUT2D eigenvalue weighted by atomic mass is 16.6. The molecule has 0 saturated carbocycles. The van der Waals surface area contributed by atoms with E-state index in [1.165, 1.54) is 5.56 Å². The third-order valence-electron chi connectivity index (χ3n) is 2.54. The topological polar surface area (TPSA) is 50.7 Å². The predicted octanol–water partition coefficient (Wildman–Crippen LogP) is 2.64. The second kappa shape index (κ2) is 4.80. The smallest absolute Gasteiger partial charge is 0.407 e. The lowest BCUT2D eigenvalue weighted by Gasteiger charge is -2.19. The van der Waals surface area contributed by atoms with E-state index in [4.69, 9.17) is 4.74 Å². The summed E-state index contributed by atoms with van der Waals surface area (Å²) in [5.74, 6) is 0. The molecule has 1 aliphatic rings. The van der Waals surface area contributed by atoms with E-state index >= 15 is 0 Å². The van der Waals surface area contributed by atoms with Gasteiger partial charge in [-0.15, -0.1) is 0 Å². The molecule has 1 aromatic carbocycles. The molecule has 1 amide bonds. The maximum absolute atomic E-state index is 11.5. The van der Waals surface area contributed by atoms with Crippen LogP contribution in [0.1, 0.15) is 37.5 Å². The molecule has 96 valence electrons. The Balaban J connectivity index is 1.89. The number of nitrogens with one attached hydrogen (secondary N) is 1. The zero-order valence-electron chi connectivity index (χ0n) is 11.0. The fraction of sp³-hybridized carbons (Fsp3) is 0.429. The van der Waals surface area contributed by atoms with Crippen LogP contribution in [0.25, 0.3) is 0 Å². The van der Waals surface area contributed by atoms with E-state index in [1.54, 1.807) is 0 Å². The molecule has 0 radical (unpaired) electrons. The van der Waals surface area contributed by atoms with Gasteiger partial charge in [-0.25, -0.2) is 4.79 Å². The molecule has 4 nitrogen and oxygen atoms in total. The number of aliphatic imine (C=N–C) groups is 1. The third kappa shape index (κ3) is 3.32. The van der Waals surface area contributed by atoms with Gasteiger partial charge in [-0.1, -0.05) is 18.2 Å². The van der Waals surface area contributed by atoms with Crippen molar-refractivity contribution in [2.75, 3.05) is 0 Å². The zero-order chi connectivity index (χ0) is 13.2. The van der Waals surface area contributed by atoms with E-state index in [0.29, 0.717) is 6.54 Å². The molecule has 1 aliphatic heterocycles. The second-order valence-electron chi connectivity index (χ2n) is 5.36. The van der Waals surface area contributed by atoms with Crippen molar-refractivity contribution in [3.8, 4) is 0 Å². The van der Waals surface area contributed by atoms with E-state index < -0.39 is 5.60 Å². The Morgan fingerprint density at radius 3 is 2.94 bits per heavy atom. The zero-order valence-corrected chi connectivity index (χ0v) is 11.0. The maximum Gasteiger partial charge on any atom is 0.407 e. The lowest BCUT2D eigenvalue weighted by Crippen LogP contribution is -2.32. The van der Waals surface area contributed by atoms with Crippen molar-refractivity contribution in [3.05, 3.63) is 34.9 Å². The number of rotatable bonds is 2. The van der Waals surface area contributed by atoms with Crippen molar-refractivity contribution in [2.45, 2.75) is 39.5 Å². The Morgan fingerprint density at radius 2 is 2.22 bits per heavy atom. The average molecular weight is 246 g/mol. The summed E-state index contributed by atoms with van der Waals surface area (Å²) in [6.07, 6.45) is 1.49. The fourth-order valence-electron chi connectivity index (χ4n) is 1.76. The van der Waals surface area contributed by atoms with Crippen LogP contribution in [0.5, 0.6) is 0 Å². The molecule has 1 aromatic rings. The minimum atomic E-state index is -0.462. The van der Waals surface area contributed by atoms with E-state index in [9.17, 15) is 4.79 Å². The van der Waals surface area contributed by atoms with Crippen LogP contribution in [0, 0.1) is 0 Å². The molecule has 4 heteroatoms. The van der Waals surface area contributed by atoms with Crippen molar-refractivity contribution >= 4 is 12.3 Å². The summed E-state index contributed by atoms with van der Waals surface area (Å²) in [5, 5.41) is 2.74. The number of fused-ring (bicyclic) bond motifs is 1. The van der Waals surface area contributed by atoms with Gasteiger partial charge in [0.15, 0.2) is 0 Å². The first-order valence-electron chi connectivity index (χ1n) is 6.02. The summed E-state index contributed by atoms with van der Waals surface area (Å²) in [6.45, 7) is 6.75. The molecule has 1 heterocycles. The van der Waals surface area contributed by atoms with E-state index in [1.807, 2.05) is 39.1 Å². The third-order valence-corrected chi connectivity index (χ3v) is 2.54. The van der Waals surface area contributed by atoms with Crippen LogP contribution >= 0.6 is 0 Å². The van der Waals surface area contributed by atoms with Gasteiger partial charge in [0.1, 0.15) is 5.60 Å². The van der Waals surface area contributed by atoms with Crippen molar-refractivity contribution in [1.29, 1.82) is 0 Å². The van der Waals surface area contributed by atoms with Gasteiger partial charge in [0.05, 0.1) is 6.54 Å². The maximum atomic E-state index is 11.5. The van der Waals surface area contributed by atoms with Crippen LogP contribution in [0.2, 0.25) is 0 Å². The first-order chi connectivity index (χ1) is 8.44. The summed E-state index contributed by atoms with van der Waals surface area (Å²) in [5.41, 5.74) is 2.97. The van der Waals surface area contributed by atoms with Gasteiger partial charge < -0.3 is 10.1 Å². The number of amides is 1. The Labute approximate surface area is 107 Å². The molecule has 0 spiro atoms. The lowest BCUT2D eigenvalue weighted by molar-refractivity contribution is 0.0523.